The Morgan fingerprint density at radius 1 is 1.46 bits per heavy atom. The van der Waals surface area contributed by atoms with Crippen molar-refractivity contribution in [1.29, 1.82) is 5.26 Å². The summed E-state index contributed by atoms with van der Waals surface area (Å²) in [7, 11) is 0. The van der Waals surface area contributed by atoms with Crippen molar-refractivity contribution in [2.75, 3.05) is 11.9 Å². The van der Waals surface area contributed by atoms with E-state index in [0.717, 1.165) is 35.6 Å². The van der Waals surface area contributed by atoms with Crippen LogP contribution in [0.15, 0.2) is 0 Å². The zero-order chi connectivity index (χ0) is 9.42. The van der Waals surface area contributed by atoms with Gasteiger partial charge in [-0.2, -0.15) is 5.26 Å². The Kier molecular flexibility index (Phi) is 1.70. The Balaban J connectivity index is 2.71. The molecule has 0 spiro atoms. The zero-order valence-corrected chi connectivity index (χ0v) is 7.81. The van der Waals surface area contributed by atoms with Crippen molar-refractivity contribution in [1.82, 2.24) is 4.98 Å². The van der Waals surface area contributed by atoms with Crippen LogP contribution in [0.4, 0.5) is 5.82 Å². The lowest BCUT2D eigenvalue weighted by molar-refractivity contribution is 1.08. The maximum Gasteiger partial charge on any atom is 0.129 e. The Morgan fingerprint density at radius 2 is 2.23 bits per heavy atom. The molecule has 0 atom stereocenters. The Bertz CT molecular complexity index is 401. The molecule has 66 valence electrons. The van der Waals surface area contributed by atoms with Crippen LogP contribution in [0.1, 0.15) is 22.4 Å². The predicted molar refractivity (Wildman–Crippen MR) is 50.6 cm³/mol. The van der Waals surface area contributed by atoms with Gasteiger partial charge in [0.05, 0.1) is 11.3 Å². The molecule has 0 saturated carbocycles. The summed E-state index contributed by atoms with van der Waals surface area (Å²) in [5.41, 5.74) is 3.87. The molecule has 0 bridgehead atoms. The first kappa shape index (κ1) is 8.06. The molecule has 0 fully saturated rings. The fourth-order valence-corrected chi connectivity index (χ4v) is 1.81. The average Bonchev–Trinajstić information content (AvgIpc) is 2.53. The van der Waals surface area contributed by atoms with Crippen molar-refractivity contribution in [2.24, 2.45) is 0 Å². The summed E-state index contributed by atoms with van der Waals surface area (Å²) in [5, 5.41) is 12.1. The molecule has 13 heavy (non-hydrogen) atoms. The van der Waals surface area contributed by atoms with Crippen molar-refractivity contribution < 1.29 is 0 Å². The van der Waals surface area contributed by atoms with Crippen LogP contribution >= 0.6 is 0 Å². The highest BCUT2D eigenvalue weighted by Gasteiger charge is 2.18. The fourth-order valence-electron chi connectivity index (χ4n) is 1.81. The minimum atomic E-state index is 0.738. The van der Waals surface area contributed by atoms with Crippen molar-refractivity contribution in [3.8, 4) is 6.07 Å². The lowest BCUT2D eigenvalue weighted by atomic mass is 10.0. The summed E-state index contributed by atoms with van der Waals surface area (Å²) in [4.78, 5) is 4.35. The number of rotatable bonds is 0. The summed E-state index contributed by atoms with van der Waals surface area (Å²) < 4.78 is 0. The summed E-state index contributed by atoms with van der Waals surface area (Å²) in [5.74, 6) is 0.967. The van der Waals surface area contributed by atoms with Gasteiger partial charge in [0.1, 0.15) is 11.9 Å². The van der Waals surface area contributed by atoms with Gasteiger partial charge in [0.25, 0.3) is 0 Å². The molecule has 0 unspecified atom stereocenters. The van der Waals surface area contributed by atoms with E-state index in [4.69, 9.17) is 5.26 Å². The highest BCUT2D eigenvalue weighted by atomic mass is 15.0. The van der Waals surface area contributed by atoms with E-state index in [1.54, 1.807) is 0 Å². The zero-order valence-electron chi connectivity index (χ0n) is 7.81. The molecule has 2 rings (SSSR count). The number of hydrogen-bond donors (Lipinski definition) is 1. The number of nitriles is 1. The lowest BCUT2D eigenvalue weighted by Gasteiger charge is -2.06. The molecule has 0 amide bonds. The number of aryl methyl sites for hydroxylation is 1. The Labute approximate surface area is 77.4 Å². The number of pyridine rings is 1. The molecule has 0 aliphatic carbocycles. The molecule has 1 aromatic rings. The molecular formula is C10H11N3. The minimum Gasteiger partial charge on any atom is -0.369 e. The van der Waals surface area contributed by atoms with E-state index in [0.29, 0.717) is 0 Å². The molecule has 1 N–H and O–H groups in total. The molecule has 1 aromatic heterocycles. The van der Waals surface area contributed by atoms with E-state index in [1.807, 2.05) is 13.8 Å². The molecule has 2 heterocycles. The summed E-state index contributed by atoms with van der Waals surface area (Å²) >= 11 is 0. The summed E-state index contributed by atoms with van der Waals surface area (Å²) in [6, 6.07) is 2.20. The van der Waals surface area contributed by atoms with Crippen molar-refractivity contribution in [3.63, 3.8) is 0 Å². The fraction of sp³-hybridized carbons (Fsp3) is 0.400. The average molecular weight is 173 g/mol. The lowest BCUT2D eigenvalue weighted by Crippen LogP contribution is -1.98. The molecule has 3 heteroatoms. The van der Waals surface area contributed by atoms with Crippen LogP contribution in [-0.2, 0) is 6.42 Å². The minimum absolute atomic E-state index is 0.738. The van der Waals surface area contributed by atoms with E-state index in [2.05, 4.69) is 16.4 Å². The number of fused-ring (bicyclic) bond motifs is 1. The summed E-state index contributed by atoms with van der Waals surface area (Å²) in [6.07, 6.45) is 0.989. The quantitative estimate of drug-likeness (QED) is 0.647. The molecule has 0 aromatic carbocycles. The highest BCUT2D eigenvalue weighted by molar-refractivity contribution is 5.58. The third-order valence-electron chi connectivity index (χ3n) is 2.53. The van der Waals surface area contributed by atoms with Crippen LogP contribution in [-0.4, -0.2) is 11.5 Å². The van der Waals surface area contributed by atoms with E-state index in [9.17, 15) is 0 Å². The maximum atomic E-state index is 8.92. The number of nitrogens with zero attached hydrogens (tertiary/aromatic N) is 2. The second kappa shape index (κ2) is 2.74. The number of hydrogen-bond acceptors (Lipinski definition) is 3. The number of nitrogens with one attached hydrogen (secondary N) is 1. The SMILES string of the molecule is Cc1nc2c(c(C)c1C#N)CCN2. The Morgan fingerprint density at radius 3 is 2.92 bits per heavy atom. The topological polar surface area (TPSA) is 48.7 Å². The third kappa shape index (κ3) is 1.06. The van der Waals surface area contributed by atoms with Crippen LogP contribution in [0.2, 0.25) is 0 Å². The van der Waals surface area contributed by atoms with Crippen LogP contribution in [0.3, 0.4) is 0 Å². The monoisotopic (exact) mass is 173 g/mol. The summed E-state index contributed by atoms with van der Waals surface area (Å²) in [6.45, 7) is 4.82. The van der Waals surface area contributed by atoms with Crippen molar-refractivity contribution in [3.05, 3.63) is 22.4 Å². The molecule has 3 nitrogen and oxygen atoms in total. The smallest absolute Gasteiger partial charge is 0.129 e. The second-order valence-electron chi connectivity index (χ2n) is 3.31. The van der Waals surface area contributed by atoms with E-state index >= 15 is 0 Å². The second-order valence-corrected chi connectivity index (χ2v) is 3.31. The van der Waals surface area contributed by atoms with Crippen molar-refractivity contribution >= 4 is 5.82 Å². The van der Waals surface area contributed by atoms with Gasteiger partial charge in [-0.1, -0.05) is 0 Å². The van der Waals surface area contributed by atoms with Crippen LogP contribution < -0.4 is 5.32 Å². The first-order valence-corrected chi connectivity index (χ1v) is 4.38. The van der Waals surface area contributed by atoms with E-state index < -0.39 is 0 Å². The van der Waals surface area contributed by atoms with Crippen LogP contribution in [0.5, 0.6) is 0 Å². The van der Waals surface area contributed by atoms with Gasteiger partial charge < -0.3 is 5.32 Å². The normalized spacial score (nSPS) is 13.3. The third-order valence-corrected chi connectivity index (χ3v) is 2.53. The van der Waals surface area contributed by atoms with Gasteiger partial charge in [-0.25, -0.2) is 4.98 Å². The molecular weight excluding hydrogens is 162 g/mol. The number of anilines is 1. The first-order valence-electron chi connectivity index (χ1n) is 4.38. The highest BCUT2D eigenvalue weighted by Crippen LogP contribution is 2.26. The molecule has 0 saturated heterocycles. The van der Waals surface area contributed by atoms with Gasteiger partial charge in [-0.15, -0.1) is 0 Å². The van der Waals surface area contributed by atoms with Gasteiger partial charge in [0.2, 0.25) is 0 Å². The standard InChI is InChI=1S/C10H11N3/c1-6-8-3-4-12-10(8)13-7(2)9(6)5-11/h3-4H2,1-2H3,(H,12,13). The van der Waals surface area contributed by atoms with E-state index in [1.165, 1.54) is 5.56 Å². The van der Waals surface area contributed by atoms with E-state index in [-0.39, 0.29) is 0 Å². The largest absolute Gasteiger partial charge is 0.369 e. The van der Waals surface area contributed by atoms with Crippen LogP contribution in [0, 0.1) is 25.2 Å². The van der Waals surface area contributed by atoms with Gasteiger partial charge in [-0.3, -0.25) is 0 Å². The van der Waals surface area contributed by atoms with Gasteiger partial charge in [-0.05, 0) is 25.8 Å². The van der Waals surface area contributed by atoms with Gasteiger partial charge in [0, 0.05) is 12.1 Å². The molecule has 1 aliphatic rings. The van der Waals surface area contributed by atoms with Gasteiger partial charge in [0.15, 0.2) is 0 Å². The Hall–Kier alpha value is -1.56. The van der Waals surface area contributed by atoms with Crippen LogP contribution in [0.25, 0.3) is 0 Å². The first-order chi connectivity index (χ1) is 6.24. The maximum absolute atomic E-state index is 8.92. The molecule has 1 aliphatic heterocycles. The van der Waals surface area contributed by atoms with Crippen molar-refractivity contribution in [2.45, 2.75) is 20.3 Å². The van der Waals surface area contributed by atoms with Gasteiger partial charge >= 0.3 is 0 Å². The predicted octanol–water partition coefficient (Wildman–Crippen LogP) is 1.54. The number of aromatic nitrogens is 1. The molecule has 0 radical (unpaired) electrons.